The first-order valence-corrected chi connectivity index (χ1v) is 31.2. The number of hydrogen-bond acceptors (Lipinski definition) is 8. The molecule has 0 bridgehead atoms. The molecule has 2 N–H and O–H groups in total. The highest BCUT2D eigenvalue weighted by molar-refractivity contribution is 5.95. The maximum atomic E-state index is 15.6. The Morgan fingerprint density at radius 1 is 0.974 bits per heavy atom. The van der Waals surface area contributed by atoms with Gasteiger partial charge in [-0.3, -0.25) is 19.6 Å². The summed E-state index contributed by atoms with van der Waals surface area (Å²) in [6.07, 6.45) is 17.9. The van der Waals surface area contributed by atoms with Gasteiger partial charge in [0.1, 0.15) is 6.54 Å². The van der Waals surface area contributed by atoms with Crippen LogP contribution in [0.5, 0.6) is 0 Å². The van der Waals surface area contributed by atoms with Crippen molar-refractivity contribution in [3.05, 3.63) is 59.6 Å². The van der Waals surface area contributed by atoms with E-state index in [1.54, 1.807) is 13.3 Å². The molecule has 1 aromatic carbocycles. The van der Waals surface area contributed by atoms with Crippen LogP contribution < -0.4 is 15.6 Å². The number of alkyl halides is 3. The van der Waals surface area contributed by atoms with Gasteiger partial charge in [0, 0.05) is 85.5 Å². The lowest BCUT2D eigenvalue weighted by Crippen LogP contribution is -2.59. The minimum Gasteiger partial charge on any atom is -0.375 e. The third kappa shape index (κ3) is 14.9. The Bertz CT molecular complexity index is 2450. The number of carbonyl (C=O) groups is 1. The number of aryl methyl sites for hydroxylation is 1. The number of ether oxygens (including phenoxy) is 1. The number of likely N-dealkylation sites (tertiary alicyclic amines) is 1. The van der Waals surface area contributed by atoms with E-state index in [9.17, 15) is 0 Å². The quantitative estimate of drug-likeness (QED) is 0.0683. The summed E-state index contributed by atoms with van der Waals surface area (Å²) < 4.78 is 52.5. The highest BCUT2D eigenvalue weighted by Gasteiger charge is 2.43. The van der Waals surface area contributed by atoms with E-state index in [0.717, 1.165) is 138 Å². The number of hydrogen-bond donors (Lipinski definition) is 2. The summed E-state index contributed by atoms with van der Waals surface area (Å²) in [6.45, 7) is 31.3. The van der Waals surface area contributed by atoms with Crippen molar-refractivity contribution in [3.8, 4) is 11.3 Å². The lowest BCUT2D eigenvalue weighted by Gasteiger charge is -2.45. The Labute approximate surface area is 469 Å². The number of fused-ring (bicyclic) bond motifs is 1. The Morgan fingerprint density at radius 2 is 1.72 bits per heavy atom. The van der Waals surface area contributed by atoms with Crippen LogP contribution in [0.2, 0.25) is 0 Å². The normalized spacial score (nSPS) is 21.8. The van der Waals surface area contributed by atoms with E-state index in [1.807, 2.05) is 26.0 Å². The molecular weight excluding hydrogens is 982 g/mol. The topological polar surface area (TPSA) is 81.1 Å². The number of benzene rings is 1. The maximum Gasteiger partial charge on any atom is 0.406 e. The molecule has 4 heterocycles. The first-order chi connectivity index (χ1) is 37.2. The molecule has 8 rings (SSSR count). The Hall–Kier alpha value is -3.65. The number of nitrogens with zero attached hydrogens (tertiary/aromatic N) is 6. The Balaban J connectivity index is 1.20. The van der Waals surface area contributed by atoms with Gasteiger partial charge in [-0.05, 0) is 188 Å². The van der Waals surface area contributed by atoms with Crippen molar-refractivity contribution in [1.82, 2.24) is 35.1 Å². The number of nitrogens with one attached hydrogen (secondary N) is 2. The number of pyridine rings is 1. The van der Waals surface area contributed by atoms with Crippen molar-refractivity contribution in [1.29, 1.82) is 0 Å². The fraction of sp³-hybridized carbons (Fsp3) is 0.754. The van der Waals surface area contributed by atoms with Crippen molar-refractivity contribution in [2.24, 2.45) is 28.6 Å². The maximum absolute atomic E-state index is 15.6. The molecule has 6 atom stereocenters. The van der Waals surface area contributed by atoms with Gasteiger partial charge in [-0.1, -0.05) is 87.1 Å². The average molecular weight is 1090 g/mol. The van der Waals surface area contributed by atoms with Crippen LogP contribution in [-0.4, -0.2) is 113 Å². The number of carbonyl (C=O) groups excluding carboxylic acids is 1. The zero-order valence-corrected chi connectivity index (χ0v) is 50.3. The largest absolute Gasteiger partial charge is 0.406 e. The molecule has 436 valence electrons. The van der Waals surface area contributed by atoms with Gasteiger partial charge in [0.15, 0.2) is 0 Å². The molecule has 0 spiro atoms. The minimum absolute atomic E-state index is 0.101. The van der Waals surface area contributed by atoms with E-state index >= 15 is 18.0 Å². The molecule has 0 radical (unpaired) electrons. The third-order valence-electron chi connectivity index (χ3n) is 19.6. The number of amides is 1. The molecule has 3 aliphatic carbocycles. The second kappa shape index (κ2) is 26.1. The summed E-state index contributed by atoms with van der Waals surface area (Å²) in [6, 6.07) is 9.11. The van der Waals surface area contributed by atoms with Gasteiger partial charge in [-0.25, -0.2) is 5.43 Å². The van der Waals surface area contributed by atoms with Gasteiger partial charge in [0.05, 0.1) is 29.6 Å². The molecule has 6 unspecified atom stereocenters. The fourth-order valence-electron chi connectivity index (χ4n) is 13.8. The van der Waals surface area contributed by atoms with E-state index < -0.39 is 18.8 Å². The van der Waals surface area contributed by atoms with E-state index in [4.69, 9.17) is 16.3 Å². The lowest BCUT2D eigenvalue weighted by atomic mass is 9.63. The molecule has 2 aliphatic heterocycles. The van der Waals surface area contributed by atoms with Crippen LogP contribution in [0.25, 0.3) is 22.2 Å². The van der Waals surface area contributed by atoms with E-state index in [0.29, 0.717) is 58.3 Å². The Morgan fingerprint density at radius 3 is 2.33 bits per heavy atom. The van der Waals surface area contributed by atoms with Crippen molar-refractivity contribution in [3.63, 3.8) is 0 Å². The predicted molar refractivity (Wildman–Crippen MR) is 315 cm³/mol. The predicted octanol–water partition coefficient (Wildman–Crippen LogP) is 14.6. The van der Waals surface area contributed by atoms with Gasteiger partial charge >= 0.3 is 6.18 Å². The van der Waals surface area contributed by atoms with Gasteiger partial charge in [0.25, 0.3) is 0 Å². The first kappa shape index (κ1) is 60.4. The molecule has 2 aromatic heterocycles. The van der Waals surface area contributed by atoms with Gasteiger partial charge in [0.2, 0.25) is 5.91 Å². The zero-order valence-electron chi connectivity index (χ0n) is 50.3. The monoisotopic (exact) mass is 1080 g/mol. The summed E-state index contributed by atoms with van der Waals surface area (Å²) in [5.41, 5.74) is 10.2. The molecule has 1 amide bonds. The molecule has 13 heteroatoms. The van der Waals surface area contributed by atoms with Crippen LogP contribution in [0.15, 0.2) is 42.7 Å². The van der Waals surface area contributed by atoms with Crippen LogP contribution in [0.3, 0.4) is 0 Å². The number of aromatic nitrogens is 2. The molecule has 78 heavy (non-hydrogen) atoms. The smallest absolute Gasteiger partial charge is 0.375 e. The van der Waals surface area contributed by atoms with E-state index in [1.165, 1.54) is 49.5 Å². The van der Waals surface area contributed by atoms with Gasteiger partial charge in [-0.15, -0.1) is 0 Å². The first-order valence-electron chi connectivity index (χ1n) is 31.2. The number of anilines is 1. The van der Waals surface area contributed by atoms with Crippen molar-refractivity contribution in [2.75, 3.05) is 51.3 Å². The van der Waals surface area contributed by atoms with Crippen LogP contribution in [0, 0.1) is 35.5 Å². The molecule has 5 fully saturated rings. The summed E-state index contributed by atoms with van der Waals surface area (Å²) in [4.78, 5) is 28.2. The zero-order chi connectivity index (χ0) is 56.1. The number of halogens is 3. The van der Waals surface area contributed by atoms with E-state index in [2.05, 4.69) is 98.0 Å². The van der Waals surface area contributed by atoms with Crippen LogP contribution >= 0.6 is 0 Å². The van der Waals surface area contributed by atoms with Crippen molar-refractivity contribution >= 4 is 22.5 Å². The standard InChI is InChI=1S/C65H103F3N8O2/c1-13-33-73(51-23-24-51)42-53-20-17-34-74(53)60(44(4)5)62(77)70-58(47(8)76-35-16-19-46(7)71-76)50(27-32-64(15-3)30-18-31-64)29-37-72(36-28-49-21-22-49)52-25-26-57-54(39-52)56(40-63(10,11)14-2)61(75(57)43-65(66,67)68)55-38-45(6)41-69-59(55)48(9)78-12/h25-26,38-39,41,44,46,48-51,53,58,60,71H,8,13-24,27-37,40,42-43H2,1-7,9-12H3,(H,70,77). The lowest BCUT2D eigenvalue weighted by molar-refractivity contribution is -0.139. The summed E-state index contributed by atoms with van der Waals surface area (Å²) in [7, 11) is 1.63. The molecule has 10 nitrogen and oxygen atoms in total. The molecular formula is C65H103F3N8O2. The van der Waals surface area contributed by atoms with Crippen LogP contribution in [0.4, 0.5) is 18.9 Å². The molecule has 3 saturated carbocycles. The van der Waals surface area contributed by atoms with E-state index in [-0.39, 0.29) is 35.2 Å². The second-order valence-corrected chi connectivity index (χ2v) is 26.5. The van der Waals surface area contributed by atoms with Crippen molar-refractivity contribution < 1.29 is 22.7 Å². The highest BCUT2D eigenvalue weighted by atomic mass is 19.4. The molecule has 3 aromatic rings. The second-order valence-electron chi connectivity index (χ2n) is 26.5. The number of methoxy groups -OCH3 is 1. The molecule has 5 aliphatic rings. The summed E-state index contributed by atoms with van der Waals surface area (Å²) in [5, 5.41) is 7.00. The van der Waals surface area contributed by atoms with Crippen LogP contribution in [-0.2, 0) is 22.5 Å². The summed E-state index contributed by atoms with van der Waals surface area (Å²) >= 11 is 0. The number of hydrazine groups is 1. The summed E-state index contributed by atoms with van der Waals surface area (Å²) in [5.74, 6) is 1.05. The van der Waals surface area contributed by atoms with Crippen LogP contribution in [0.1, 0.15) is 201 Å². The van der Waals surface area contributed by atoms with Gasteiger partial charge in [-0.2, -0.15) is 13.2 Å². The number of rotatable bonds is 30. The Kier molecular flexibility index (Phi) is 20.2. The van der Waals surface area contributed by atoms with Crippen molar-refractivity contribution in [2.45, 2.75) is 240 Å². The third-order valence-corrected chi connectivity index (χ3v) is 19.6. The molecule has 2 saturated heterocycles. The average Bonchev–Trinajstić information content (AvgIpc) is 4.53. The van der Waals surface area contributed by atoms with Gasteiger partial charge < -0.3 is 24.5 Å². The fourth-order valence-corrected chi connectivity index (χ4v) is 13.8. The minimum atomic E-state index is -4.46. The highest BCUT2D eigenvalue weighted by Crippen LogP contribution is 2.49. The SMILES string of the molecule is C=C(C(NC(=O)C(C(C)C)N1CCCC1CN(CCC)C1CC1)C(CCN(CCC1CC1)c1ccc2c(c1)c(CC(C)(C)CC)c(-c1cc(C)cnc1C(C)OC)n2CC(F)(F)F)CCC1(CC)CCC1)N1CCCC(C)N1.